The Bertz CT molecular complexity index is 983. The molecule has 1 aromatic carbocycles. The number of aryl methyl sites for hydroxylation is 1. The van der Waals surface area contributed by atoms with Crippen LogP contribution in [0.25, 0.3) is 10.9 Å². The molecular weight excluding hydrogens is 392 g/mol. The molecule has 0 saturated carbocycles. The summed E-state index contributed by atoms with van der Waals surface area (Å²) < 4.78 is 0. The van der Waals surface area contributed by atoms with E-state index in [1.54, 1.807) is 11.3 Å². The quantitative estimate of drug-likeness (QED) is 0.379. The van der Waals surface area contributed by atoms with Gasteiger partial charge in [-0.2, -0.15) is 0 Å². The number of nitrogens with zero attached hydrogens (tertiary/aromatic N) is 3. The zero-order chi connectivity index (χ0) is 20.8. The Hall–Kier alpha value is -2.54. The first-order valence-electron chi connectivity index (χ1n) is 11.0. The summed E-state index contributed by atoms with van der Waals surface area (Å²) in [6.45, 7) is 9.02. The standard InChI is InChI=1S/C23H32N6S/c1-3-24-22(25-11-9-18-15-27-20-8-6-7-17(2)21(18)20)26-12-10-19-16-30-23(28-19)29-13-4-5-14-29/h6-8,15-16,27H,3-5,9-14H2,1-2H3,(H2,24,25,26). The number of anilines is 1. The van der Waals surface area contributed by atoms with Crippen LogP contribution in [0.3, 0.4) is 0 Å². The molecular formula is C23H32N6S. The van der Waals surface area contributed by atoms with Crippen LogP contribution in [-0.2, 0) is 12.8 Å². The number of rotatable bonds is 8. The van der Waals surface area contributed by atoms with Gasteiger partial charge in [0.2, 0.25) is 0 Å². The molecule has 0 atom stereocenters. The molecule has 1 saturated heterocycles. The van der Waals surface area contributed by atoms with E-state index in [2.05, 4.69) is 64.1 Å². The Morgan fingerprint density at radius 2 is 2.10 bits per heavy atom. The molecule has 7 heteroatoms. The van der Waals surface area contributed by atoms with Crippen LogP contribution in [0.5, 0.6) is 0 Å². The number of H-pyrrole nitrogens is 1. The Kier molecular flexibility index (Phi) is 6.89. The molecule has 0 radical (unpaired) electrons. The number of hydrogen-bond acceptors (Lipinski definition) is 4. The van der Waals surface area contributed by atoms with E-state index in [1.165, 1.54) is 40.0 Å². The van der Waals surface area contributed by atoms with Crippen molar-refractivity contribution in [3.63, 3.8) is 0 Å². The van der Waals surface area contributed by atoms with Crippen LogP contribution < -0.4 is 15.5 Å². The van der Waals surface area contributed by atoms with E-state index in [0.29, 0.717) is 0 Å². The van der Waals surface area contributed by atoms with Crippen molar-refractivity contribution >= 4 is 33.3 Å². The number of guanidine groups is 1. The summed E-state index contributed by atoms with van der Waals surface area (Å²) in [6, 6.07) is 6.41. The monoisotopic (exact) mass is 424 g/mol. The number of aromatic nitrogens is 2. The van der Waals surface area contributed by atoms with Crippen molar-refractivity contribution in [2.45, 2.75) is 39.5 Å². The van der Waals surface area contributed by atoms with E-state index in [1.807, 2.05) is 0 Å². The molecule has 0 unspecified atom stereocenters. The molecule has 2 aromatic heterocycles. The molecule has 3 aromatic rings. The Morgan fingerprint density at radius 1 is 1.23 bits per heavy atom. The molecule has 4 rings (SSSR count). The Morgan fingerprint density at radius 3 is 2.93 bits per heavy atom. The van der Waals surface area contributed by atoms with E-state index in [4.69, 9.17) is 9.98 Å². The van der Waals surface area contributed by atoms with Gasteiger partial charge < -0.3 is 20.5 Å². The number of thiazole rings is 1. The second-order valence-corrected chi connectivity index (χ2v) is 8.65. The second-order valence-electron chi connectivity index (χ2n) is 7.81. The van der Waals surface area contributed by atoms with Gasteiger partial charge in [0.15, 0.2) is 11.1 Å². The number of benzene rings is 1. The lowest BCUT2D eigenvalue weighted by atomic mass is 10.1. The molecule has 0 amide bonds. The maximum atomic E-state index is 4.80. The van der Waals surface area contributed by atoms with E-state index in [9.17, 15) is 0 Å². The highest BCUT2D eigenvalue weighted by Crippen LogP contribution is 2.24. The second kappa shape index (κ2) is 9.98. The lowest BCUT2D eigenvalue weighted by Gasteiger charge is -2.12. The minimum Gasteiger partial charge on any atom is -0.361 e. The van der Waals surface area contributed by atoms with Gasteiger partial charge in [-0.1, -0.05) is 12.1 Å². The van der Waals surface area contributed by atoms with E-state index < -0.39 is 0 Å². The molecule has 3 N–H and O–H groups in total. The third kappa shape index (κ3) is 4.95. The average molecular weight is 425 g/mol. The predicted molar refractivity (Wildman–Crippen MR) is 128 cm³/mol. The first-order chi connectivity index (χ1) is 14.7. The molecule has 30 heavy (non-hydrogen) atoms. The zero-order valence-electron chi connectivity index (χ0n) is 18.0. The highest BCUT2D eigenvalue weighted by atomic mass is 32.1. The first kappa shape index (κ1) is 20.7. The summed E-state index contributed by atoms with van der Waals surface area (Å²) >= 11 is 1.76. The Balaban J connectivity index is 1.29. The van der Waals surface area contributed by atoms with Crippen molar-refractivity contribution in [1.29, 1.82) is 0 Å². The minimum absolute atomic E-state index is 0.741. The molecule has 1 fully saturated rings. The molecule has 0 aliphatic carbocycles. The molecule has 6 nitrogen and oxygen atoms in total. The molecule has 160 valence electrons. The Labute approximate surface area is 182 Å². The minimum atomic E-state index is 0.741. The van der Waals surface area contributed by atoms with Crippen LogP contribution in [0, 0.1) is 6.92 Å². The summed E-state index contributed by atoms with van der Waals surface area (Å²) in [6.07, 6.45) is 6.54. The summed E-state index contributed by atoms with van der Waals surface area (Å²) in [7, 11) is 0. The van der Waals surface area contributed by atoms with Gasteiger partial charge >= 0.3 is 0 Å². The van der Waals surface area contributed by atoms with Crippen molar-refractivity contribution in [2.75, 3.05) is 37.6 Å². The zero-order valence-corrected chi connectivity index (χ0v) is 18.8. The number of aliphatic imine (C=N–C) groups is 1. The van der Waals surface area contributed by atoms with Crippen LogP contribution in [0.2, 0.25) is 0 Å². The van der Waals surface area contributed by atoms with Gasteiger partial charge in [0, 0.05) is 61.6 Å². The summed E-state index contributed by atoms with van der Waals surface area (Å²) in [4.78, 5) is 15.3. The normalized spacial score (nSPS) is 14.6. The summed E-state index contributed by atoms with van der Waals surface area (Å²) in [5.74, 6) is 0.879. The lowest BCUT2D eigenvalue weighted by Crippen LogP contribution is -2.38. The van der Waals surface area contributed by atoms with Gasteiger partial charge in [-0.3, -0.25) is 4.99 Å². The largest absolute Gasteiger partial charge is 0.361 e. The maximum Gasteiger partial charge on any atom is 0.191 e. The van der Waals surface area contributed by atoms with E-state index in [0.717, 1.165) is 57.2 Å². The molecule has 0 bridgehead atoms. The topological polar surface area (TPSA) is 68.3 Å². The van der Waals surface area contributed by atoms with Crippen LogP contribution in [-0.4, -0.2) is 48.7 Å². The van der Waals surface area contributed by atoms with Crippen molar-refractivity contribution in [3.8, 4) is 0 Å². The summed E-state index contributed by atoms with van der Waals surface area (Å²) in [5, 5.41) is 11.5. The van der Waals surface area contributed by atoms with Crippen LogP contribution >= 0.6 is 11.3 Å². The number of nitrogens with one attached hydrogen (secondary N) is 3. The SMILES string of the molecule is CCNC(=NCCc1csc(N2CCCC2)n1)NCCc1c[nH]c2cccc(C)c12. The smallest absolute Gasteiger partial charge is 0.191 e. The van der Waals surface area contributed by atoms with Crippen molar-refractivity contribution < 1.29 is 0 Å². The average Bonchev–Trinajstić information content (AvgIpc) is 3.49. The van der Waals surface area contributed by atoms with Gasteiger partial charge in [0.05, 0.1) is 5.69 Å². The highest BCUT2D eigenvalue weighted by molar-refractivity contribution is 7.13. The van der Waals surface area contributed by atoms with E-state index >= 15 is 0 Å². The van der Waals surface area contributed by atoms with Crippen LogP contribution in [0.15, 0.2) is 34.8 Å². The predicted octanol–water partition coefficient (Wildman–Crippen LogP) is 3.87. The fourth-order valence-electron chi connectivity index (χ4n) is 4.05. The molecule has 1 aliphatic heterocycles. The van der Waals surface area contributed by atoms with Crippen molar-refractivity contribution in [2.24, 2.45) is 4.99 Å². The highest BCUT2D eigenvalue weighted by Gasteiger charge is 2.15. The van der Waals surface area contributed by atoms with Gasteiger partial charge in [-0.15, -0.1) is 11.3 Å². The van der Waals surface area contributed by atoms with Crippen LogP contribution in [0.1, 0.15) is 36.6 Å². The number of hydrogen-bond donors (Lipinski definition) is 3. The van der Waals surface area contributed by atoms with Crippen molar-refractivity contribution in [1.82, 2.24) is 20.6 Å². The maximum absolute atomic E-state index is 4.80. The fraction of sp³-hybridized carbons (Fsp3) is 0.478. The number of fused-ring (bicyclic) bond motifs is 1. The third-order valence-corrected chi connectivity index (χ3v) is 6.53. The van der Waals surface area contributed by atoms with Gasteiger partial charge in [0.25, 0.3) is 0 Å². The lowest BCUT2D eigenvalue weighted by molar-refractivity contribution is 0.796. The van der Waals surface area contributed by atoms with Gasteiger partial charge in [-0.05, 0) is 50.3 Å². The van der Waals surface area contributed by atoms with Crippen LogP contribution in [0.4, 0.5) is 5.13 Å². The third-order valence-electron chi connectivity index (χ3n) is 5.58. The van der Waals surface area contributed by atoms with Gasteiger partial charge in [-0.25, -0.2) is 4.98 Å². The molecule has 1 aliphatic rings. The first-order valence-corrected chi connectivity index (χ1v) is 11.9. The summed E-state index contributed by atoms with van der Waals surface area (Å²) in [5.41, 5.74) is 5.03. The van der Waals surface area contributed by atoms with E-state index in [-0.39, 0.29) is 0 Å². The molecule has 3 heterocycles. The fourth-order valence-corrected chi connectivity index (χ4v) is 4.97. The van der Waals surface area contributed by atoms with Crippen molar-refractivity contribution in [3.05, 3.63) is 46.6 Å². The van der Waals surface area contributed by atoms with Gasteiger partial charge in [0.1, 0.15) is 0 Å². The molecule has 0 spiro atoms. The number of aromatic amines is 1.